The van der Waals surface area contributed by atoms with Crippen LogP contribution in [0.25, 0.3) is 0 Å². The molecule has 0 unspecified atom stereocenters. The van der Waals surface area contributed by atoms with Gasteiger partial charge in [0, 0.05) is 19.7 Å². The van der Waals surface area contributed by atoms with Crippen molar-refractivity contribution in [2.24, 2.45) is 7.05 Å². The van der Waals surface area contributed by atoms with Crippen LogP contribution in [0, 0.1) is 0 Å². The van der Waals surface area contributed by atoms with E-state index in [-0.39, 0.29) is 22.4 Å². The number of hydrogen-bond donors (Lipinski definition) is 0. The maximum absolute atomic E-state index is 11.8. The standard InChI is InChI=1S/C9H11ClN2O3/c1-11-8(13)4-7(10)12(9(11)14)6-2-3-15-5-6/h4,6H,2-3,5H2,1H3/t6-/m0/s1. The Morgan fingerprint density at radius 3 is 2.87 bits per heavy atom. The van der Waals surface area contributed by atoms with Crippen molar-refractivity contribution in [3.63, 3.8) is 0 Å². The van der Waals surface area contributed by atoms with Gasteiger partial charge in [0.15, 0.2) is 0 Å². The number of rotatable bonds is 1. The van der Waals surface area contributed by atoms with Crippen molar-refractivity contribution in [2.75, 3.05) is 13.2 Å². The fourth-order valence-electron chi connectivity index (χ4n) is 1.67. The maximum atomic E-state index is 11.8. The summed E-state index contributed by atoms with van der Waals surface area (Å²) < 4.78 is 7.64. The molecule has 0 aliphatic carbocycles. The minimum absolute atomic E-state index is 0.0585. The fourth-order valence-corrected chi connectivity index (χ4v) is 1.98. The second kappa shape index (κ2) is 3.83. The summed E-state index contributed by atoms with van der Waals surface area (Å²) in [5.74, 6) is 0. The van der Waals surface area contributed by atoms with E-state index in [2.05, 4.69) is 0 Å². The Kier molecular flexibility index (Phi) is 2.67. The van der Waals surface area contributed by atoms with Crippen molar-refractivity contribution >= 4 is 11.6 Å². The molecule has 0 N–H and O–H groups in total. The molecule has 6 heteroatoms. The van der Waals surface area contributed by atoms with E-state index < -0.39 is 0 Å². The largest absolute Gasteiger partial charge is 0.379 e. The molecule has 0 amide bonds. The minimum Gasteiger partial charge on any atom is -0.379 e. The maximum Gasteiger partial charge on any atom is 0.332 e. The molecule has 1 aliphatic heterocycles. The second-order valence-electron chi connectivity index (χ2n) is 3.53. The van der Waals surface area contributed by atoms with E-state index in [1.54, 1.807) is 0 Å². The monoisotopic (exact) mass is 230 g/mol. The van der Waals surface area contributed by atoms with Crippen LogP contribution in [0.5, 0.6) is 0 Å². The predicted octanol–water partition coefficient (Wildman–Crippen LogP) is 0.162. The molecule has 1 saturated heterocycles. The molecule has 0 bridgehead atoms. The van der Waals surface area contributed by atoms with Gasteiger partial charge in [-0.1, -0.05) is 11.6 Å². The average Bonchev–Trinajstić information content (AvgIpc) is 2.68. The van der Waals surface area contributed by atoms with Crippen LogP contribution in [0.15, 0.2) is 15.7 Å². The lowest BCUT2D eigenvalue weighted by atomic mass is 10.2. The number of nitrogens with zero attached hydrogens (tertiary/aromatic N) is 2. The van der Waals surface area contributed by atoms with Crippen molar-refractivity contribution in [2.45, 2.75) is 12.5 Å². The molecule has 15 heavy (non-hydrogen) atoms. The summed E-state index contributed by atoms with van der Waals surface area (Å²) in [5, 5.41) is 0.179. The Balaban J connectivity index is 2.60. The highest BCUT2D eigenvalue weighted by Crippen LogP contribution is 2.19. The van der Waals surface area contributed by atoms with Crippen LogP contribution in [0.4, 0.5) is 0 Å². The van der Waals surface area contributed by atoms with Crippen LogP contribution in [0.2, 0.25) is 5.15 Å². The smallest absolute Gasteiger partial charge is 0.332 e. The molecule has 2 heterocycles. The van der Waals surface area contributed by atoms with Crippen LogP contribution >= 0.6 is 11.6 Å². The molecular formula is C9H11ClN2O3. The van der Waals surface area contributed by atoms with E-state index in [1.807, 2.05) is 0 Å². The highest BCUT2D eigenvalue weighted by Gasteiger charge is 2.21. The lowest BCUT2D eigenvalue weighted by Gasteiger charge is -2.14. The number of aromatic nitrogens is 2. The van der Waals surface area contributed by atoms with Crippen LogP contribution in [0.3, 0.4) is 0 Å². The summed E-state index contributed by atoms with van der Waals surface area (Å²) in [6.45, 7) is 1.09. The third kappa shape index (κ3) is 1.72. The van der Waals surface area contributed by atoms with E-state index in [0.717, 1.165) is 11.0 Å². The molecule has 1 aliphatic rings. The van der Waals surface area contributed by atoms with Gasteiger partial charge in [-0.15, -0.1) is 0 Å². The molecule has 1 atom stereocenters. The fraction of sp³-hybridized carbons (Fsp3) is 0.556. The van der Waals surface area contributed by atoms with Gasteiger partial charge in [-0.05, 0) is 6.42 Å². The predicted molar refractivity (Wildman–Crippen MR) is 55.4 cm³/mol. The Morgan fingerprint density at radius 1 is 1.53 bits per heavy atom. The molecule has 2 rings (SSSR count). The molecule has 5 nitrogen and oxygen atoms in total. The Hall–Kier alpha value is -1.07. The highest BCUT2D eigenvalue weighted by molar-refractivity contribution is 6.29. The topological polar surface area (TPSA) is 53.2 Å². The number of ether oxygens (including phenoxy) is 1. The van der Waals surface area contributed by atoms with Crippen molar-refractivity contribution in [3.05, 3.63) is 32.1 Å². The summed E-state index contributed by atoms with van der Waals surface area (Å²) in [6.07, 6.45) is 0.748. The van der Waals surface area contributed by atoms with Crippen molar-refractivity contribution in [3.8, 4) is 0 Å². The SMILES string of the molecule is Cn1c(=O)cc(Cl)n([C@H]2CCOC2)c1=O. The van der Waals surface area contributed by atoms with E-state index in [1.165, 1.54) is 17.7 Å². The summed E-state index contributed by atoms with van der Waals surface area (Å²) in [5.41, 5.74) is -0.775. The lowest BCUT2D eigenvalue weighted by molar-refractivity contribution is 0.185. The van der Waals surface area contributed by atoms with Gasteiger partial charge < -0.3 is 4.74 Å². The molecule has 0 radical (unpaired) electrons. The highest BCUT2D eigenvalue weighted by atomic mass is 35.5. The third-order valence-electron chi connectivity index (χ3n) is 2.57. The zero-order valence-corrected chi connectivity index (χ0v) is 9.03. The Bertz CT molecular complexity index is 485. The van der Waals surface area contributed by atoms with E-state index >= 15 is 0 Å². The minimum atomic E-state index is -0.389. The van der Waals surface area contributed by atoms with Crippen LogP contribution < -0.4 is 11.2 Å². The lowest BCUT2D eigenvalue weighted by Crippen LogP contribution is -2.39. The van der Waals surface area contributed by atoms with Crippen molar-refractivity contribution in [1.29, 1.82) is 0 Å². The number of hydrogen-bond acceptors (Lipinski definition) is 3. The molecule has 1 fully saturated rings. The normalized spacial score (nSPS) is 20.8. The van der Waals surface area contributed by atoms with Gasteiger partial charge in [0.25, 0.3) is 5.56 Å². The molecule has 1 aromatic rings. The zero-order chi connectivity index (χ0) is 11.0. The van der Waals surface area contributed by atoms with Crippen molar-refractivity contribution < 1.29 is 4.74 Å². The first-order valence-electron chi connectivity index (χ1n) is 4.67. The molecule has 0 saturated carbocycles. The Morgan fingerprint density at radius 2 is 2.27 bits per heavy atom. The van der Waals surface area contributed by atoms with Gasteiger partial charge in [0.05, 0.1) is 12.6 Å². The molecule has 82 valence electrons. The van der Waals surface area contributed by atoms with Gasteiger partial charge in [-0.2, -0.15) is 0 Å². The van der Waals surface area contributed by atoms with E-state index in [4.69, 9.17) is 16.3 Å². The van der Waals surface area contributed by atoms with Gasteiger partial charge in [0.1, 0.15) is 5.15 Å². The summed E-state index contributed by atoms with van der Waals surface area (Å²) in [4.78, 5) is 23.0. The van der Waals surface area contributed by atoms with E-state index in [0.29, 0.717) is 13.2 Å². The first-order chi connectivity index (χ1) is 7.11. The summed E-state index contributed by atoms with van der Waals surface area (Å²) in [7, 11) is 1.44. The molecule has 0 spiro atoms. The summed E-state index contributed by atoms with van der Waals surface area (Å²) >= 11 is 5.88. The van der Waals surface area contributed by atoms with Gasteiger partial charge in [-0.3, -0.25) is 13.9 Å². The average molecular weight is 231 g/mol. The first-order valence-corrected chi connectivity index (χ1v) is 5.05. The molecular weight excluding hydrogens is 220 g/mol. The van der Waals surface area contributed by atoms with Gasteiger partial charge in [-0.25, -0.2) is 4.79 Å². The van der Waals surface area contributed by atoms with Crippen molar-refractivity contribution in [1.82, 2.24) is 9.13 Å². The third-order valence-corrected chi connectivity index (χ3v) is 2.86. The van der Waals surface area contributed by atoms with Gasteiger partial charge in [0.2, 0.25) is 0 Å². The zero-order valence-electron chi connectivity index (χ0n) is 8.27. The van der Waals surface area contributed by atoms with Gasteiger partial charge >= 0.3 is 5.69 Å². The molecule has 1 aromatic heterocycles. The molecule has 0 aromatic carbocycles. The quantitative estimate of drug-likeness (QED) is 0.646. The van der Waals surface area contributed by atoms with Crippen LogP contribution in [-0.2, 0) is 11.8 Å². The van der Waals surface area contributed by atoms with Crippen LogP contribution in [-0.4, -0.2) is 22.3 Å². The summed E-state index contributed by atoms with van der Waals surface area (Å²) in [6, 6.07) is 1.19. The number of halogens is 1. The van der Waals surface area contributed by atoms with E-state index in [9.17, 15) is 9.59 Å². The Labute approximate surface area is 90.8 Å². The second-order valence-corrected chi connectivity index (χ2v) is 3.92. The van der Waals surface area contributed by atoms with Crippen LogP contribution in [0.1, 0.15) is 12.5 Å². The first kappa shape index (κ1) is 10.4.